The van der Waals surface area contributed by atoms with E-state index in [1.54, 1.807) is 0 Å². The van der Waals surface area contributed by atoms with Crippen molar-refractivity contribution in [2.75, 3.05) is 0 Å². The highest BCUT2D eigenvalue weighted by Crippen LogP contribution is 2.37. The van der Waals surface area contributed by atoms with E-state index in [1.165, 1.54) is 18.2 Å². The zero-order valence-electron chi connectivity index (χ0n) is 11.9. The van der Waals surface area contributed by atoms with Crippen LogP contribution < -0.4 is 4.74 Å². The van der Waals surface area contributed by atoms with E-state index in [1.807, 2.05) is 37.3 Å². The van der Waals surface area contributed by atoms with Gasteiger partial charge in [0.1, 0.15) is 17.2 Å². The number of ether oxygens (including phenoxy) is 1. The van der Waals surface area contributed by atoms with E-state index >= 15 is 0 Å². The highest BCUT2D eigenvalue weighted by molar-refractivity contribution is 6.00. The molecule has 3 heteroatoms. The maximum atomic E-state index is 13.4. The molecule has 1 unspecified atom stereocenters. The molecule has 2 aromatic rings. The van der Waals surface area contributed by atoms with Crippen LogP contribution in [0.5, 0.6) is 5.75 Å². The first-order valence-electron chi connectivity index (χ1n) is 7.17. The number of carbonyl (C=O) groups is 1. The van der Waals surface area contributed by atoms with Crippen LogP contribution in [0.4, 0.5) is 4.39 Å². The van der Waals surface area contributed by atoms with Crippen LogP contribution in [-0.2, 0) is 6.42 Å². The van der Waals surface area contributed by atoms with Crippen molar-refractivity contribution in [2.45, 2.75) is 31.8 Å². The van der Waals surface area contributed by atoms with Crippen molar-refractivity contribution in [1.29, 1.82) is 0 Å². The van der Waals surface area contributed by atoms with Crippen molar-refractivity contribution in [3.8, 4) is 5.75 Å². The minimum Gasteiger partial charge on any atom is -0.486 e. The molecule has 0 N–H and O–H groups in total. The van der Waals surface area contributed by atoms with Gasteiger partial charge in [-0.3, -0.25) is 4.79 Å². The molecule has 0 aromatic heterocycles. The summed E-state index contributed by atoms with van der Waals surface area (Å²) < 4.78 is 19.5. The van der Waals surface area contributed by atoms with E-state index in [0.29, 0.717) is 30.6 Å². The molecule has 2 aromatic carbocycles. The van der Waals surface area contributed by atoms with Crippen LogP contribution in [0.25, 0.3) is 0 Å². The second-order valence-electron chi connectivity index (χ2n) is 5.54. The molecule has 0 radical (unpaired) electrons. The van der Waals surface area contributed by atoms with Crippen LogP contribution in [0.15, 0.2) is 48.5 Å². The number of halogens is 1. The molecule has 0 spiro atoms. The summed E-state index contributed by atoms with van der Waals surface area (Å²) in [4.78, 5) is 12.4. The van der Waals surface area contributed by atoms with Gasteiger partial charge in [-0.2, -0.15) is 0 Å². The van der Waals surface area contributed by atoms with E-state index in [4.69, 9.17) is 4.74 Å². The van der Waals surface area contributed by atoms with Gasteiger partial charge in [0, 0.05) is 12.5 Å². The van der Waals surface area contributed by atoms with Crippen LogP contribution in [0.2, 0.25) is 0 Å². The van der Waals surface area contributed by atoms with Gasteiger partial charge in [0.05, 0.1) is 12.0 Å². The number of carbonyl (C=O) groups excluding carboxylic acids is 1. The first-order chi connectivity index (χ1) is 10.1. The van der Waals surface area contributed by atoms with E-state index in [2.05, 4.69) is 0 Å². The highest BCUT2D eigenvalue weighted by atomic mass is 19.1. The Morgan fingerprint density at radius 1 is 1.19 bits per heavy atom. The predicted molar refractivity (Wildman–Crippen MR) is 79.1 cm³/mol. The molecule has 21 heavy (non-hydrogen) atoms. The summed E-state index contributed by atoms with van der Waals surface area (Å²) in [6, 6.07) is 14.1. The van der Waals surface area contributed by atoms with E-state index < -0.39 is 5.60 Å². The Kier molecular flexibility index (Phi) is 3.50. The lowest BCUT2D eigenvalue weighted by molar-refractivity contribution is 0.0376. The third-order valence-electron chi connectivity index (χ3n) is 4.07. The van der Waals surface area contributed by atoms with E-state index in [9.17, 15) is 9.18 Å². The molecule has 0 saturated heterocycles. The Labute approximate surface area is 123 Å². The fraction of sp³-hybridized carbons (Fsp3) is 0.278. The summed E-state index contributed by atoms with van der Waals surface area (Å²) in [6.45, 7) is 2.00. The minimum absolute atomic E-state index is 0.0223. The number of hydrogen-bond acceptors (Lipinski definition) is 2. The van der Waals surface area contributed by atoms with Crippen molar-refractivity contribution in [1.82, 2.24) is 0 Å². The second kappa shape index (κ2) is 5.32. The molecule has 3 rings (SSSR count). The number of ketones is 1. The molecule has 0 bridgehead atoms. The lowest BCUT2D eigenvalue weighted by Gasteiger charge is -2.37. The van der Waals surface area contributed by atoms with Crippen molar-refractivity contribution >= 4 is 5.78 Å². The maximum absolute atomic E-state index is 13.4. The number of fused-ring (bicyclic) bond motifs is 1. The minimum atomic E-state index is -0.584. The number of hydrogen-bond donors (Lipinski definition) is 0. The third kappa shape index (κ3) is 2.68. The summed E-state index contributed by atoms with van der Waals surface area (Å²) in [7, 11) is 0. The molecule has 0 saturated carbocycles. The standard InChI is InChI=1S/C18H17FO2/c1-2-18(11-13-6-4-3-5-7-13)12-16(20)15-9-8-14(19)10-17(15)21-18/h3-10H,2,11-12H2,1H3. The average molecular weight is 284 g/mol. The number of rotatable bonds is 3. The maximum Gasteiger partial charge on any atom is 0.170 e. The van der Waals surface area contributed by atoms with Crippen molar-refractivity contribution in [3.63, 3.8) is 0 Å². The fourth-order valence-electron chi connectivity index (χ4n) is 2.86. The van der Waals surface area contributed by atoms with Crippen molar-refractivity contribution in [2.24, 2.45) is 0 Å². The average Bonchev–Trinajstić information content (AvgIpc) is 2.47. The number of benzene rings is 2. The first-order valence-corrected chi connectivity index (χ1v) is 7.17. The van der Waals surface area contributed by atoms with Gasteiger partial charge >= 0.3 is 0 Å². The molecule has 1 heterocycles. The lowest BCUT2D eigenvalue weighted by Crippen LogP contribution is -2.43. The van der Waals surface area contributed by atoms with Gasteiger partial charge in [-0.15, -0.1) is 0 Å². The van der Waals surface area contributed by atoms with Crippen LogP contribution >= 0.6 is 0 Å². The lowest BCUT2D eigenvalue weighted by atomic mass is 9.83. The zero-order chi connectivity index (χ0) is 14.9. The Morgan fingerprint density at radius 2 is 1.95 bits per heavy atom. The molecular weight excluding hydrogens is 267 g/mol. The van der Waals surface area contributed by atoms with Crippen LogP contribution in [-0.4, -0.2) is 11.4 Å². The smallest absolute Gasteiger partial charge is 0.170 e. The normalized spacial score (nSPS) is 20.8. The molecule has 0 fully saturated rings. The largest absolute Gasteiger partial charge is 0.486 e. The Morgan fingerprint density at radius 3 is 2.67 bits per heavy atom. The fourth-order valence-corrected chi connectivity index (χ4v) is 2.86. The first kappa shape index (κ1) is 13.8. The topological polar surface area (TPSA) is 26.3 Å². The van der Waals surface area contributed by atoms with Crippen LogP contribution in [0.3, 0.4) is 0 Å². The Balaban J connectivity index is 1.96. The summed E-state index contributed by atoms with van der Waals surface area (Å²) in [6.07, 6.45) is 1.67. The van der Waals surface area contributed by atoms with E-state index in [-0.39, 0.29) is 11.6 Å². The van der Waals surface area contributed by atoms with Gasteiger partial charge in [0.15, 0.2) is 5.78 Å². The highest BCUT2D eigenvalue weighted by Gasteiger charge is 2.39. The summed E-state index contributed by atoms with van der Waals surface area (Å²) in [5, 5.41) is 0. The van der Waals surface area contributed by atoms with E-state index in [0.717, 1.165) is 5.56 Å². The number of Topliss-reactive ketones (excluding diaryl/α,β-unsaturated/α-hetero) is 1. The molecule has 1 aliphatic heterocycles. The summed E-state index contributed by atoms with van der Waals surface area (Å²) >= 11 is 0. The molecule has 0 amide bonds. The van der Waals surface area contributed by atoms with Gasteiger partial charge in [0.25, 0.3) is 0 Å². The molecular formula is C18H17FO2. The van der Waals surface area contributed by atoms with Gasteiger partial charge in [0.2, 0.25) is 0 Å². The van der Waals surface area contributed by atoms with Crippen LogP contribution in [0.1, 0.15) is 35.7 Å². The predicted octanol–water partition coefficient (Wildman–Crippen LogP) is 4.18. The molecule has 2 nitrogen and oxygen atoms in total. The monoisotopic (exact) mass is 284 g/mol. The quantitative estimate of drug-likeness (QED) is 0.845. The summed E-state index contributed by atoms with van der Waals surface area (Å²) in [5.74, 6) is 0.00577. The Hall–Kier alpha value is -2.16. The Bertz CT molecular complexity index is 666. The zero-order valence-corrected chi connectivity index (χ0v) is 11.9. The third-order valence-corrected chi connectivity index (χ3v) is 4.07. The van der Waals surface area contributed by atoms with Crippen LogP contribution in [0, 0.1) is 5.82 Å². The van der Waals surface area contributed by atoms with Gasteiger partial charge < -0.3 is 4.74 Å². The SMILES string of the molecule is CCC1(Cc2ccccc2)CC(=O)c2ccc(F)cc2O1. The van der Waals surface area contributed by atoms with Gasteiger partial charge in [-0.05, 0) is 24.1 Å². The molecule has 1 aliphatic rings. The van der Waals surface area contributed by atoms with Gasteiger partial charge in [-0.1, -0.05) is 37.3 Å². The second-order valence-corrected chi connectivity index (χ2v) is 5.54. The molecule has 108 valence electrons. The van der Waals surface area contributed by atoms with Gasteiger partial charge in [-0.25, -0.2) is 4.39 Å². The van der Waals surface area contributed by atoms with Crippen molar-refractivity contribution in [3.05, 3.63) is 65.5 Å². The summed E-state index contributed by atoms with van der Waals surface area (Å²) in [5.41, 5.74) is 1.01. The van der Waals surface area contributed by atoms with Crippen molar-refractivity contribution < 1.29 is 13.9 Å². The molecule has 0 aliphatic carbocycles. The molecule has 1 atom stereocenters.